The molecule has 0 aromatic rings. The van der Waals surface area contributed by atoms with Crippen molar-refractivity contribution in [3.05, 3.63) is 23.4 Å². The van der Waals surface area contributed by atoms with Crippen LogP contribution in [0.5, 0.6) is 0 Å². The maximum absolute atomic E-state index is 10.9. The summed E-state index contributed by atoms with van der Waals surface area (Å²) < 4.78 is 2.74. The van der Waals surface area contributed by atoms with Crippen LogP contribution in [0.15, 0.2) is 23.4 Å². The van der Waals surface area contributed by atoms with Gasteiger partial charge in [0.1, 0.15) is 0 Å². The van der Waals surface area contributed by atoms with Crippen LogP contribution < -0.4 is 0 Å². The summed E-state index contributed by atoms with van der Waals surface area (Å²) in [6.45, 7) is 4.86. The molecule has 0 bridgehead atoms. The Kier molecular flexibility index (Phi) is 5.15. The number of hydrogen-bond acceptors (Lipinski definition) is 2. The average molecular weight is 264 g/mol. The van der Waals surface area contributed by atoms with Crippen molar-refractivity contribution in [3.8, 4) is 0 Å². The minimum atomic E-state index is -1.81. The van der Waals surface area contributed by atoms with Gasteiger partial charge in [-0.3, -0.25) is 0 Å². The number of allylic oxidation sites excluding steroid dienone is 2. The van der Waals surface area contributed by atoms with Crippen LogP contribution in [0.2, 0.25) is 0 Å². The van der Waals surface area contributed by atoms with E-state index in [1.165, 1.54) is 6.92 Å². The Morgan fingerprint density at radius 2 is 1.92 bits per heavy atom. The van der Waals surface area contributed by atoms with E-state index in [1.54, 1.807) is 0 Å². The third-order valence-corrected chi connectivity index (χ3v) is 2.08. The molecule has 74 valence electrons. The standard InChI is InChI=1S/C7H6Cl4O2/c1-4(2)13-6(12)3-5(8)7(9,10)11/h3H,1H2,2H3. The minimum Gasteiger partial charge on any atom is -0.429 e. The Balaban J connectivity index is 4.40. The van der Waals surface area contributed by atoms with Gasteiger partial charge in [-0.05, 0) is 6.92 Å². The molecule has 0 saturated carbocycles. The molecule has 0 rings (SSSR count). The van der Waals surface area contributed by atoms with Gasteiger partial charge < -0.3 is 4.74 Å². The Labute approximate surface area is 96.0 Å². The lowest BCUT2D eigenvalue weighted by molar-refractivity contribution is -0.133. The van der Waals surface area contributed by atoms with Gasteiger partial charge in [0.05, 0.1) is 10.8 Å². The van der Waals surface area contributed by atoms with Crippen molar-refractivity contribution in [1.82, 2.24) is 0 Å². The van der Waals surface area contributed by atoms with Crippen LogP contribution in [0.25, 0.3) is 0 Å². The van der Waals surface area contributed by atoms with E-state index in [4.69, 9.17) is 46.4 Å². The van der Waals surface area contributed by atoms with Crippen molar-refractivity contribution in [2.75, 3.05) is 0 Å². The first-order chi connectivity index (χ1) is 5.73. The predicted molar refractivity (Wildman–Crippen MR) is 55.1 cm³/mol. The van der Waals surface area contributed by atoms with Crippen LogP contribution in [-0.2, 0) is 9.53 Å². The Morgan fingerprint density at radius 3 is 2.23 bits per heavy atom. The molecule has 0 saturated heterocycles. The SMILES string of the molecule is C=C(C)OC(=O)C=C(Cl)C(Cl)(Cl)Cl. The van der Waals surface area contributed by atoms with Gasteiger partial charge in [-0.1, -0.05) is 53.0 Å². The lowest BCUT2D eigenvalue weighted by Gasteiger charge is -2.08. The van der Waals surface area contributed by atoms with Crippen LogP contribution in [0.1, 0.15) is 6.92 Å². The fourth-order valence-corrected chi connectivity index (χ4v) is 0.639. The van der Waals surface area contributed by atoms with Gasteiger partial charge >= 0.3 is 5.97 Å². The molecule has 0 aliphatic carbocycles. The molecular weight excluding hydrogens is 258 g/mol. The van der Waals surface area contributed by atoms with E-state index >= 15 is 0 Å². The number of halogens is 4. The first-order valence-corrected chi connectivity index (χ1v) is 4.56. The van der Waals surface area contributed by atoms with Gasteiger partial charge in [0.2, 0.25) is 3.79 Å². The molecule has 0 aliphatic rings. The number of rotatable bonds is 2. The highest BCUT2D eigenvalue weighted by Gasteiger charge is 2.25. The second kappa shape index (κ2) is 5.11. The predicted octanol–water partition coefficient (Wildman–Crippen LogP) is 3.56. The highest BCUT2D eigenvalue weighted by Crippen LogP contribution is 2.36. The fraction of sp³-hybridized carbons (Fsp3) is 0.286. The van der Waals surface area contributed by atoms with E-state index in [9.17, 15) is 4.79 Å². The van der Waals surface area contributed by atoms with Crippen LogP contribution >= 0.6 is 46.4 Å². The van der Waals surface area contributed by atoms with E-state index in [0.29, 0.717) is 0 Å². The van der Waals surface area contributed by atoms with Crippen molar-refractivity contribution in [1.29, 1.82) is 0 Å². The molecule has 0 aromatic heterocycles. The normalized spacial score (nSPS) is 12.5. The van der Waals surface area contributed by atoms with Crippen LogP contribution in [-0.4, -0.2) is 9.76 Å². The molecular formula is C7H6Cl4O2. The summed E-state index contributed by atoms with van der Waals surface area (Å²) in [4.78, 5) is 10.9. The quantitative estimate of drug-likeness (QED) is 0.330. The van der Waals surface area contributed by atoms with Crippen LogP contribution in [0.3, 0.4) is 0 Å². The van der Waals surface area contributed by atoms with E-state index in [-0.39, 0.29) is 10.8 Å². The molecule has 0 heterocycles. The van der Waals surface area contributed by atoms with Gasteiger partial charge in [0.25, 0.3) is 0 Å². The lowest BCUT2D eigenvalue weighted by atomic mass is 10.5. The van der Waals surface area contributed by atoms with Gasteiger partial charge in [-0.25, -0.2) is 4.79 Å². The third-order valence-electron chi connectivity index (χ3n) is 0.790. The third kappa shape index (κ3) is 6.22. The van der Waals surface area contributed by atoms with E-state index < -0.39 is 9.76 Å². The van der Waals surface area contributed by atoms with Crippen molar-refractivity contribution in [2.24, 2.45) is 0 Å². The summed E-state index contributed by atoms with van der Waals surface area (Å²) in [5.41, 5.74) is 0. The Bertz CT molecular complexity index is 252. The summed E-state index contributed by atoms with van der Waals surface area (Å²) >= 11 is 21.6. The second-order valence-electron chi connectivity index (χ2n) is 2.11. The topological polar surface area (TPSA) is 26.3 Å². The highest BCUT2D eigenvalue weighted by molar-refractivity contribution is 6.73. The first-order valence-electron chi connectivity index (χ1n) is 3.05. The van der Waals surface area contributed by atoms with Crippen LogP contribution in [0.4, 0.5) is 0 Å². The number of hydrogen-bond donors (Lipinski definition) is 0. The second-order valence-corrected chi connectivity index (χ2v) is 4.80. The monoisotopic (exact) mass is 262 g/mol. The number of alkyl halides is 3. The highest BCUT2D eigenvalue weighted by atomic mass is 35.6. The van der Waals surface area contributed by atoms with Crippen LogP contribution in [0, 0.1) is 0 Å². The Hall–Kier alpha value is 0.110. The molecule has 0 radical (unpaired) electrons. The van der Waals surface area contributed by atoms with E-state index in [2.05, 4.69) is 11.3 Å². The molecule has 0 N–H and O–H groups in total. The summed E-state index contributed by atoms with van der Waals surface area (Å²) in [7, 11) is 0. The maximum atomic E-state index is 10.9. The molecule has 2 nitrogen and oxygen atoms in total. The summed E-state index contributed by atoms with van der Waals surface area (Å²) in [6, 6.07) is 0. The lowest BCUT2D eigenvalue weighted by Crippen LogP contribution is -2.06. The maximum Gasteiger partial charge on any atom is 0.337 e. The molecule has 13 heavy (non-hydrogen) atoms. The van der Waals surface area contributed by atoms with Gasteiger partial charge in [-0.2, -0.15) is 0 Å². The summed E-state index contributed by atoms with van der Waals surface area (Å²) in [6.07, 6.45) is 0.878. The molecule has 0 unspecified atom stereocenters. The zero-order chi connectivity index (χ0) is 10.6. The van der Waals surface area contributed by atoms with E-state index in [0.717, 1.165) is 6.08 Å². The summed E-state index contributed by atoms with van der Waals surface area (Å²) in [5.74, 6) is -0.501. The number of carbonyl (C=O) groups excluding carboxylic acids is 1. The van der Waals surface area contributed by atoms with Crippen molar-refractivity contribution in [3.63, 3.8) is 0 Å². The van der Waals surface area contributed by atoms with Gasteiger partial charge in [0.15, 0.2) is 0 Å². The van der Waals surface area contributed by atoms with Gasteiger partial charge in [0, 0.05) is 6.08 Å². The van der Waals surface area contributed by atoms with Gasteiger partial charge in [-0.15, -0.1) is 0 Å². The largest absolute Gasteiger partial charge is 0.429 e. The zero-order valence-corrected chi connectivity index (χ0v) is 9.64. The number of esters is 1. The molecule has 0 fully saturated rings. The molecule has 0 atom stereocenters. The van der Waals surface area contributed by atoms with Crippen molar-refractivity contribution < 1.29 is 9.53 Å². The number of ether oxygens (including phenoxy) is 1. The molecule has 0 amide bonds. The molecule has 6 heteroatoms. The molecule has 0 aromatic carbocycles. The van der Waals surface area contributed by atoms with Crippen molar-refractivity contribution in [2.45, 2.75) is 10.7 Å². The average Bonchev–Trinajstić information content (AvgIpc) is 1.82. The number of carbonyl (C=O) groups is 1. The molecule has 0 aliphatic heterocycles. The smallest absolute Gasteiger partial charge is 0.337 e. The minimum absolute atomic E-state index is 0.232. The summed E-state index contributed by atoms with van der Waals surface area (Å²) in [5, 5.41) is -0.233. The Morgan fingerprint density at radius 1 is 1.46 bits per heavy atom. The first kappa shape index (κ1) is 13.1. The van der Waals surface area contributed by atoms with Crippen molar-refractivity contribution >= 4 is 52.4 Å². The fourth-order valence-electron chi connectivity index (χ4n) is 0.386. The molecule has 0 spiro atoms. The van der Waals surface area contributed by atoms with E-state index in [1.807, 2.05) is 0 Å². The zero-order valence-electron chi connectivity index (χ0n) is 6.61.